The minimum Gasteiger partial charge on any atom is -0.454 e. The monoisotopic (exact) mass is 248 g/mol. The maximum absolute atomic E-state index is 12.3. The summed E-state index contributed by atoms with van der Waals surface area (Å²) in [5.74, 6) is 1.59. The molecule has 0 amide bonds. The van der Waals surface area contributed by atoms with Crippen LogP contribution in [-0.2, 0) is 15.1 Å². The van der Waals surface area contributed by atoms with E-state index in [2.05, 4.69) is 0 Å². The molecule has 1 saturated carbocycles. The number of Topliss-reactive ketones (excluding diaryl/α,β-unsaturated/α-hetero) is 1. The molecule has 1 aliphatic carbocycles. The van der Waals surface area contributed by atoms with Crippen molar-refractivity contribution in [1.82, 2.24) is 0 Å². The molecule has 3 rings (SSSR count). The van der Waals surface area contributed by atoms with Gasteiger partial charge in [0.15, 0.2) is 22.9 Å². The van der Waals surface area contributed by atoms with Crippen LogP contribution in [0.1, 0.15) is 31.2 Å². The molecule has 0 aromatic heterocycles. The van der Waals surface area contributed by atoms with Crippen molar-refractivity contribution in [1.29, 1.82) is 0 Å². The number of ketones is 1. The van der Waals surface area contributed by atoms with E-state index < -0.39 is 5.60 Å². The lowest BCUT2D eigenvalue weighted by molar-refractivity contribution is -0.146. The van der Waals surface area contributed by atoms with Crippen molar-refractivity contribution in [3.8, 4) is 11.5 Å². The second-order valence-electron chi connectivity index (χ2n) is 4.73. The largest absolute Gasteiger partial charge is 0.454 e. The second kappa shape index (κ2) is 4.28. The van der Waals surface area contributed by atoms with Gasteiger partial charge in [-0.3, -0.25) is 4.79 Å². The molecule has 2 aliphatic rings. The predicted molar refractivity (Wildman–Crippen MR) is 64.7 cm³/mol. The fourth-order valence-electron chi connectivity index (χ4n) is 2.79. The van der Waals surface area contributed by atoms with Gasteiger partial charge in [0.25, 0.3) is 0 Å². The van der Waals surface area contributed by atoms with Gasteiger partial charge in [0.2, 0.25) is 6.79 Å². The third-order valence-electron chi connectivity index (χ3n) is 3.82. The van der Waals surface area contributed by atoms with Crippen molar-refractivity contribution >= 4 is 5.78 Å². The van der Waals surface area contributed by atoms with Gasteiger partial charge < -0.3 is 14.2 Å². The molecule has 96 valence electrons. The van der Waals surface area contributed by atoms with E-state index in [1.165, 1.54) is 0 Å². The number of ether oxygens (including phenoxy) is 3. The van der Waals surface area contributed by atoms with Gasteiger partial charge in [-0.15, -0.1) is 0 Å². The molecule has 1 atom stereocenters. The van der Waals surface area contributed by atoms with Crippen LogP contribution in [0.3, 0.4) is 0 Å². The van der Waals surface area contributed by atoms with Crippen LogP contribution < -0.4 is 9.47 Å². The predicted octanol–water partition coefficient (Wildman–Crippen LogP) is 2.40. The van der Waals surface area contributed by atoms with Crippen LogP contribution in [0.15, 0.2) is 18.2 Å². The number of methoxy groups -OCH3 is 1. The molecule has 0 saturated heterocycles. The van der Waals surface area contributed by atoms with Crippen molar-refractivity contribution in [2.75, 3.05) is 13.9 Å². The quantitative estimate of drug-likeness (QED) is 0.806. The number of hydrogen-bond acceptors (Lipinski definition) is 4. The summed E-state index contributed by atoms with van der Waals surface area (Å²) in [6.45, 7) is 0.243. The molecular formula is C14H16O4. The Hall–Kier alpha value is -1.55. The molecule has 0 N–H and O–H groups in total. The lowest BCUT2D eigenvalue weighted by atomic mass is 9.78. The van der Waals surface area contributed by atoms with E-state index in [4.69, 9.17) is 14.2 Å². The molecule has 0 bridgehead atoms. The number of rotatable bonds is 2. The first kappa shape index (κ1) is 11.5. The molecule has 1 heterocycles. The van der Waals surface area contributed by atoms with Crippen LogP contribution in [-0.4, -0.2) is 19.7 Å². The molecular weight excluding hydrogens is 232 g/mol. The number of hydrogen-bond donors (Lipinski definition) is 0. The average Bonchev–Trinajstić information content (AvgIpc) is 2.87. The zero-order valence-corrected chi connectivity index (χ0v) is 10.4. The van der Waals surface area contributed by atoms with Gasteiger partial charge in [-0.2, -0.15) is 0 Å². The number of fused-ring (bicyclic) bond motifs is 1. The highest BCUT2D eigenvalue weighted by molar-refractivity contribution is 5.89. The van der Waals surface area contributed by atoms with Gasteiger partial charge in [0.05, 0.1) is 0 Å². The van der Waals surface area contributed by atoms with Gasteiger partial charge in [-0.05, 0) is 37.0 Å². The third kappa shape index (κ3) is 1.60. The molecule has 1 unspecified atom stereocenters. The van der Waals surface area contributed by atoms with Gasteiger partial charge in [-0.25, -0.2) is 0 Å². The van der Waals surface area contributed by atoms with E-state index in [1.54, 1.807) is 7.11 Å². The van der Waals surface area contributed by atoms with E-state index in [1.807, 2.05) is 18.2 Å². The van der Waals surface area contributed by atoms with E-state index in [0.717, 1.165) is 30.6 Å². The highest BCUT2D eigenvalue weighted by Gasteiger charge is 2.42. The van der Waals surface area contributed by atoms with Crippen molar-refractivity contribution in [3.63, 3.8) is 0 Å². The lowest BCUT2D eigenvalue weighted by Crippen LogP contribution is -2.40. The summed E-state index contributed by atoms with van der Waals surface area (Å²) in [6, 6.07) is 5.62. The van der Waals surface area contributed by atoms with E-state index in [9.17, 15) is 4.79 Å². The Bertz CT molecular complexity index is 483. The summed E-state index contributed by atoms with van der Waals surface area (Å²) in [6.07, 6.45) is 3.28. The standard InChI is InChI=1S/C14H16O4/c1-16-14(7-3-2-4-13(14)15)10-5-6-11-12(8-10)18-9-17-11/h5-6,8H,2-4,7,9H2,1H3. The Morgan fingerprint density at radius 3 is 2.83 bits per heavy atom. The highest BCUT2D eigenvalue weighted by atomic mass is 16.7. The van der Waals surface area contributed by atoms with E-state index >= 15 is 0 Å². The van der Waals surface area contributed by atoms with Gasteiger partial charge in [0.1, 0.15) is 0 Å². The Labute approximate surface area is 106 Å². The van der Waals surface area contributed by atoms with Crippen molar-refractivity contribution < 1.29 is 19.0 Å². The molecule has 1 fully saturated rings. The number of carbonyl (C=O) groups excluding carboxylic acids is 1. The third-order valence-corrected chi connectivity index (χ3v) is 3.82. The van der Waals surface area contributed by atoms with Gasteiger partial charge in [0, 0.05) is 13.5 Å². The fraction of sp³-hybridized carbons (Fsp3) is 0.500. The van der Waals surface area contributed by atoms with Crippen molar-refractivity contribution in [3.05, 3.63) is 23.8 Å². The molecule has 1 aliphatic heterocycles. The second-order valence-corrected chi connectivity index (χ2v) is 4.73. The summed E-state index contributed by atoms with van der Waals surface area (Å²) in [4.78, 5) is 12.3. The Balaban J connectivity index is 2.03. The summed E-state index contributed by atoms with van der Waals surface area (Å²) in [5.41, 5.74) is 0.0816. The minimum absolute atomic E-state index is 0.162. The first-order valence-electron chi connectivity index (χ1n) is 6.25. The van der Waals surface area contributed by atoms with E-state index in [0.29, 0.717) is 12.2 Å². The average molecular weight is 248 g/mol. The van der Waals surface area contributed by atoms with Crippen LogP contribution in [0.4, 0.5) is 0 Å². The zero-order valence-electron chi connectivity index (χ0n) is 10.4. The minimum atomic E-state index is -0.792. The normalized spacial score (nSPS) is 26.4. The molecule has 4 heteroatoms. The summed E-state index contributed by atoms with van der Waals surface area (Å²) >= 11 is 0. The molecule has 4 nitrogen and oxygen atoms in total. The molecule has 1 aromatic carbocycles. The lowest BCUT2D eigenvalue weighted by Gasteiger charge is -2.34. The maximum atomic E-state index is 12.3. The summed E-state index contributed by atoms with van der Waals surface area (Å²) in [7, 11) is 1.60. The molecule has 0 radical (unpaired) electrons. The number of benzene rings is 1. The Morgan fingerprint density at radius 1 is 1.22 bits per heavy atom. The van der Waals surface area contributed by atoms with Gasteiger partial charge >= 0.3 is 0 Å². The highest BCUT2D eigenvalue weighted by Crippen LogP contribution is 2.42. The van der Waals surface area contributed by atoms with Crippen LogP contribution in [0.2, 0.25) is 0 Å². The maximum Gasteiger partial charge on any atom is 0.231 e. The van der Waals surface area contributed by atoms with Crippen LogP contribution in [0, 0.1) is 0 Å². The first-order chi connectivity index (χ1) is 8.76. The summed E-state index contributed by atoms with van der Waals surface area (Å²) in [5, 5.41) is 0. The van der Waals surface area contributed by atoms with Crippen LogP contribution in [0.5, 0.6) is 11.5 Å². The Kier molecular flexibility index (Phi) is 2.74. The molecule has 0 spiro atoms. The van der Waals surface area contributed by atoms with E-state index in [-0.39, 0.29) is 12.6 Å². The number of carbonyl (C=O) groups is 1. The topological polar surface area (TPSA) is 44.8 Å². The van der Waals surface area contributed by atoms with Crippen molar-refractivity contribution in [2.45, 2.75) is 31.3 Å². The first-order valence-corrected chi connectivity index (χ1v) is 6.25. The van der Waals surface area contributed by atoms with Crippen LogP contribution in [0.25, 0.3) is 0 Å². The zero-order chi connectivity index (χ0) is 12.6. The fourth-order valence-corrected chi connectivity index (χ4v) is 2.79. The molecule has 1 aromatic rings. The SMILES string of the molecule is COC1(c2ccc3c(c2)OCO3)CCCCC1=O. The molecule has 18 heavy (non-hydrogen) atoms. The van der Waals surface area contributed by atoms with Gasteiger partial charge in [-0.1, -0.05) is 6.07 Å². The van der Waals surface area contributed by atoms with Crippen LogP contribution >= 0.6 is 0 Å². The Morgan fingerprint density at radius 2 is 2.06 bits per heavy atom. The smallest absolute Gasteiger partial charge is 0.231 e. The van der Waals surface area contributed by atoms with Crippen molar-refractivity contribution in [2.24, 2.45) is 0 Å². The summed E-state index contributed by atoms with van der Waals surface area (Å²) < 4.78 is 16.2.